The summed E-state index contributed by atoms with van der Waals surface area (Å²) >= 11 is 1.64. The number of amides is 1. The van der Waals surface area contributed by atoms with Crippen LogP contribution in [0.1, 0.15) is 42.8 Å². The van der Waals surface area contributed by atoms with Gasteiger partial charge in [0.2, 0.25) is 5.91 Å². The lowest BCUT2D eigenvalue weighted by atomic mass is 10.1. The molecule has 0 bridgehead atoms. The third-order valence-electron chi connectivity index (χ3n) is 3.94. The molecule has 1 unspecified atom stereocenters. The number of hydrogen-bond acceptors (Lipinski definition) is 5. The summed E-state index contributed by atoms with van der Waals surface area (Å²) in [5.74, 6) is -0.0192. The number of likely N-dealkylation sites (tertiary alicyclic amines) is 1. The fraction of sp³-hybridized carbons (Fsp3) is 0.438. The van der Waals surface area contributed by atoms with Gasteiger partial charge in [0.1, 0.15) is 0 Å². The van der Waals surface area contributed by atoms with Crippen molar-refractivity contribution in [2.45, 2.75) is 38.9 Å². The first kappa shape index (κ1) is 15.1. The number of nitrogens with zero attached hydrogens (tertiary/aromatic N) is 3. The number of carbonyl (C=O) groups excluding carboxylic acids is 1. The molecule has 2 aromatic heterocycles. The van der Waals surface area contributed by atoms with Crippen LogP contribution in [0.4, 0.5) is 0 Å². The molecule has 6 heteroatoms. The van der Waals surface area contributed by atoms with Crippen LogP contribution in [0.3, 0.4) is 0 Å². The van der Waals surface area contributed by atoms with E-state index in [1.165, 1.54) is 13.3 Å². The molecule has 0 spiro atoms. The first-order valence-electron chi connectivity index (χ1n) is 7.53. The molecule has 1 amide bonds. The zero-order chi connectivity index (χ0) is 15.4. The summed E-state index contributed by atoms with van der Waals surface area (Å²) in [6.07, 6.45) is 4.21. The third-order valence-corrected chi connectivity index (χ3v) is 4.58. The van der Waals surface area contributed by atoms with Crippen LogP contribution in [-0.4, -0.2) is 27.3 Å². The number of rotatable bonds is 5. The Morgan fingerprint density at radius 2 is 2.36 bits per heavy atom. The molecular formula is C16H20N4OS. The maximum absolute atomic E-state index is 10.9. The van der Waals surface area contributed by atoms with Gasteiger partial charge in [-0.15, -0.1) is 11.3 Å². The van der Waals surface area contributed by atoms with E-state index in [-0.39, 0.29) is 5.91 Å². The quantitative estimate of drug-likeness (QED) is 0.921. The molecule has 0 radical (unpaired) electrons. The Morgan fingerprint density at radius 1 is 1.45 bits per heavy atom. The third kappa shape index (κ3) is 3.69. The molecule has 0 aliphatic carbocycles. The fourth-order valence-electron chi connectivity index (χ4n) is 2.84. The maximum atomic E-state index is 10.9. The molecule has 2 aromatic rings. The summed E-state index contributed by atoms with van der Waals surface area (Å²) in [4.78, 5) is 22.4. The van der Waals surface area contributed by atoms with Crippen LogP contribution in [0.5, 0.6) is 0 Å². The number of nitrogens with one attached hydrogen (secondary N) is 1. The minimum atomic E-state index is -0.0192. The van der Waals surface area contributed by atoms with Crippen molar-refractivity contribution in [3.8, 4) is 0 Å². The van der Waals surface area contributed by atoms with Crippen LogP contribution in [0.2, 0.25) is 0 Å². The summed E-state index contributed by atoms with van der Waals surface area (Å²) in [7, 11) is 0. The maximum Gasteiger partial charge on any atom is 0.217 e. The molecule has 5 nitrogen and oxygen atoms in total. The van der Waals surface area contributed by atoms with Crippen molar-refractivity contribution in [2.75, 3.05) is 6.54 Å². The lowest BCUT2D eigenvalue weighted by Gasteiger charge is -2.23. The highest BCUT2D eigenvalue weighted by Gasteiger charge is 2.27. The molecule has 22 heavy (non-hydrogen) atoms. The summed E-state index contributed by atoms with van der Waals surface area (Å²) in [5, 5.41) is 4.90. The molecule has 1 aliphatic heterocycles. The lowest BCUT2D eigenvalue weighted by Crippen LogP contribution is -2.24. The molecule has 0 aromatic carbocycles. The smallest absolute Gasteiger partial charge is 0.217 e. The van der Waals surface area contributed by atoms with Crippen molar-refractivity contribution in [3.63, 3.8) is 0 Å². The first-order valence-corrected chi connectivity index (χ1v) is 8.47. The molecule has 3 heterocycles. The average molecular weight is 316 g/mol. The predicted octanol–water partition coefficient (Wildman–Crippen LogP) is 2.51. The molecule has 1 aliphatic rings. The minimum absolute atomic E-state index is 0.0192. The highest BCUT2D eigenvalue weighted by Crippen LogP contribution is 2.32. The second-order valence-electron chi connectivity index (χ2n) is 5.61. The molecule has 1 N–H and O–H groups in total. The van der Waals surface area contributed by atoms with E-state index < -0.39 is 0 Å². The van der Waals surface area contributed by atoms with E-state index in [9.17, 15) is 4.79 Å². The molecule has 1 fully saturated rings. The average Bonchev–Trinajstić information content (AvgIpc) is 3.18. The monoisotopic (exact) mass is 316 g/mol. The van der Waals surface area contributed by atoms with Crippen LogP contribution in [0.15, 0.2) is 29.2 Å². The minimum Gasteiger partial charge on any atom is -0.352 e. The Kier molecular flexibility index (Phi) is 4.80. The summed E-state index contributed by atoms with van der Waals surface area (Å²) in [5.41, 5.74) is 5.16. The summed E-state index contributed by atoms with van der Waals surface area (Å²) in [6.45, 7) is 4.05. The van der Waals surface area contributed by atoms with Crippen LogP contribution in [0.25, 0.3) is 0 Å². The molecule has 3 rings (SSSR count). The van der Waals surface area contributed by atoms with E-state index in [4.69, 9.17) is 0 Å². The highest BCUT2D eigenvalue weighted by molar-refractivity contribution is 7.07. The highest BCUT2D eigenvalue weighted by atomic mass is 32.1. The Morgan fingerprint density at radius 3 is 3.05 bits per heavy atom. The van der Waals surface area contributed by atoms with Gasteiger partial charge in [-0.25, -0.2) is 4.98 Å². The normalized spacial score (nSPS) is 18.5. The SMILES string of the molecule is CC(=O)NCc1ccc(C2CCCN2Cc2cscn2)nc1. The van der Waals surface area contributed by atoms with Gasteiger partial charge in [0, 0.05) is 31.6 Å². The summed E-state index contributed by atoms with van der Waals surface area (Å²) in [6, 6.07) is 4.51. The second-order valence-corrected chi connectivity index (χ2v) is 6.33. The van der Waals surface area contributed by atoms with Crippen molar-refractivity contribution in [1.29, 1.82) is 0 Å². The van der Waals surface area contributed by atoms with E-state index in [0.717, 1.165) is 36.5 Å². The van der Waals surface area contributed by atoms with Gasteiger partial charge >= 0.3 is 0 Å². The zero-order valence-corrected chi connectivity index (χ0v) is 13.5. The first-order chi connectivity index (χ1) is 10.7. The Hall–Kier alpha value is -1.79. The van der Waals surface area contributed by atoms with E-state index in [2.05, 4.69) is 37.7 Å². The fourth-order valence-corrected chi connectivity index (χ4v) is 3.39. The second kappa shape index (κ2) is 6.98. The van der Waals surface area contributed by atoms with Gasteiger partial charge in [0.05, 0.1) is 22.9 Å². The summed E-state index contributed by atoms with van der Waals surface area (Å²) < 4.78 is 0. The number of hydrogen-bond donors (Lipinski definition) is 1. The molecule has 1 atom stereocenters. The predicted molar refractivity (Wildman–Crippen MR) is 86.3 cm³/mol. The van der Waals surface area contributed by atoms with Gasteiger partial charge in [0.25, 0.3) is 0 Å². The number of pyridine rings is 1. The lowest BCUT2D eigenvalue weighted by molar-refractivity contribution is -0.119. The van der Waals surface area contributed by atoms with E-state index in [1.54, 1.807) is 11.3 Å². The van der Waals surface area contributed by atoms with Crippen LogP contribution >= 0.6 is 11.3 Å². The Balaban J connectivity index is 1.65. The number of aromatic nitrogens is 2. The number of thiazole rings is 1. The van der Waals surface area contributed by atoms with E-state index >= 15 is 0 Å². The van der Waals surface area contributed by atoms with Crippen molar-refractivity contribution in [2.24, 2.45) is 0 Å². The molecule has 1 saturated heterocycles. The van der Waals surface area contributed by atoms with Gasteiger partial charge in [-0.05, 0) is 31.0 Å². The van der Waals surface area contributed by atoms with Gasteiger partial charge in [-0.2, -0.15) is 0 Å². The largest absolute Gasteiger partial charge is 0.352 e. The standard InChI is InChI=1S/C16H20N4OS/c1-12(21)17-7-13-4-5-15(18-8-13)16-3-2-6-20(16)9-14-10-22-11-19-14/h4-5,8,10-11,16H,2-3,6-7,9H2,1H3,(H,17,21). The van der Waals surface area contributed by atoms with Crippen molar-refractivity contribution in [3.05, 3.63) is 46.2 Å². The van der Waals surface area contributed by atoms with Crippen molar-refractivity contribution < 1.29 is 4.79 Å². The van der Waals surface area contributed by atoms with Gasteiger partial charge in [-0.1, -0.05) is 6.07 Å². The molecular weight excluding hydrogens is 296 g/mol. The topological polar surface area (TPSA) is 58.1 Å². The molecule has 0 saturated carbocycles. The van der Waals surface area contributed by atoms with Gasteiger partial charge in [-0.3, -0.25) is 14.7 Å². The van der Waals surface area contributed by atoms with Gasteiger partial charge in [0.15, 0.2) is 0 Å². The van der Waals surface area contributed by atoms with E-state index in [0.29, 0.717) is 12.6 Å². The van der Waals surface area contributed by atoms with Crippen molar-refractivity contribution in [1.82, 2.24) is 20.2 Å². The van der Waals surface area contributed by atoms with Crippen molar-refractivity contribution >= 4 is 17.2 Å². The van der Waals surface area contributed by atoms with E-state index in [1.807, 2.05) is 11.7 Å². The molecule has 116 valence electrons. The van der Waals surface area contributed by atoms with Gasteiger partial charge < -0.3 is 5.32 Å². The Bertz CT molecular complexity index is 612. The van der Waals surface area contributed by atoms with Crippen LogP contribution in [-0.2, 0) is 17.9 Å². The van der Waals surface area contributed by atoms with Crippen LogP contribution < -0.4 is 5.32 Å². The number of carbonyl (C=O) groups is 1. The zero-order valence-electron chi connectivity index (χ0n) is 12.7. The van der Waals surface area contributed by atoms with Crippen LogP contribution in [0, 0.1) is 0 Å². The Labute approximate surface area is 134 Å².